The van der Waals surface area contributed by atoms with Crippen molar-refractivity contribution in [3.05, 3.63) is 35.4 Å². The number of aliphatic hydroxyl groups is 1. The zero-order valence-corrected chi connectivity index (χ0v) is 10.8. The summed E-state index contributed by atoms with van der Waals surface area (Å²) < 4.78 is 5.27. The van der Waals surface area contributed by atoms with Gasteiger partial charge in [0, 0.05) is 6.61 Å². The molecule has 0 amide bonds. The number of ether oxygens (including phenoxy) is 1. The lowest BCUT2D eigenvalue weighted by Crippen LogP contribution is -2.29. The van der Waals surface area contributed by atoms with Crippen molar-refractivity contribution in [2.24, 2.45) is 10.9 Å². The van der Waals surface area contributed by atoms with Crippen LogP contribution in [0.5, 0.6) is 0 Å². The molecule has 0 fully saturated rings. The molecule has 5 nitrogen and oxygen atoms in total. The van der Waals surface area contributed by atoms with Crippen LogP contribution >= 0.6 is 0 Å². The van der Waals surface area contributed by atoms with Gasteiger partial charge in [-0.25, -0.2) is 0 Å². The van der Waals surface area contributed by atoms with Crippen molar-refractivity contribution in [3.8, 4) is 0 Å². The maximum atomic E-state index is 8.91. The van der Waals surface area contributed by atoms with Crippen molar-refractivity contribution in [2.75, 3.05) is 6.61 Å². The molecule has 0 aliphatic rings. The molecule has 5 heteroatoms. The highest BCUT2D eigenvalue weighted by atomic mass is 16.6. The van der Waals surface area contributed by atoms with E-state index in [1.54, 1.807) is 0 Å². The molecule has 0 spiro atoms. The van der Waals surface area contributed by atoms with E-state index < -0.39 is 0 Å². The van der Waals surface area contributed by atoms with Crippen molar-refractivity contribution >= 4 is 5.84 Å². The molecule has 0 aromatic heterocycles. The van der Waals surface area contributed by atoms with Gasteiger partial charge in [-0.05, 0) is 25.0 Å². The van der Waals surface area contributed by atoms with Gasteiger partial charge in [0.2, 0.25) is 0 Å². The Kier molecular flexibility index (Phi) is 6.18. The predicted octanol–water partition coefficient (Wildman–Crippen LogP) is 1.39. The minimum Gasteiger partial charge on any atom is -0.392 e. The van der Waals surface area contributed by atoms with E-state index in [4.69, 9.17) is 20.4 Å². The Bertz CT molecular complexity index is 376. The number of rotatable bonds is 7. The van der Waals surface area contributed by atoms with Gasteiger partial charge < -0.3 is 20.4 Å². The van der Waals surface area contributed by atoms with Crippen LogP contribution in [-0.4, -0.2) is 23.7 Å². The Hall–Kier alpha value is -1.59. The standard InChI is InChI=1S/C13H20N2O3/c1-3-17-10(2)13(14)15-18-9-12-6-4-11(8-16)5-7-12/h4-7,10,16H,3,8-9H2,1-2H3,(H2,14,15). The molecule has 0 aliphatic heterocycles. The Balaban J connectivity index is 2.42. The number of hydrogen-bond donors (Lipinski definition) is 2. The summed E-state index contributed by atoms with van der Waals surface area (Å²) in [6.45, 7) is 4.68. The molecule has 1 aromatic rings. The number of nitrogens with two attached hydrogens (primary N) is 1. The fraction of sp³-hybridized carbons (Fsp3) is 0.462. The van der Waals surface area contributed by atoms with Gasteiger partial charge in [0.25, 0.3) is 0 Å². The van der Waals surface area contributed by atoms with Crippen LogP contribution in [0.1, 0.15) is 25.0 Å². The van der Waals surface area contributed by atoms with Gasteiger partial charge >= 0.3 is 0 Å². The molecule has 3 N–H and O–H groups in total. The SMILES string of the molecule is CCOC(C)/C(N)=N/OCc1ccc(CO)cc1. The van der Waals surface area contributed by atoms with E-state index in [1.807, 2.05) is 38.1 Å². The van der Waals surface area contributed by atoms with Crippen LogP contribution in [-0.2, 0) is 22.8 Å². The summed E-state index contributed by atoms with van der Waals surface area (Å²) in [5.74, 6) is 0.323. The van der Waals surface area contributed by atoms with Crippen LogP contribution in [0, 0.1) is 0 Å². The van der Waals surface area contributed by atoms with Gasteiger partial charge in [0.1, 0.15) is 12.7 Å². The molecule has 1 rings (SSSR count). The number of nitrogens with zero attached hydrogens (tertiary/aromatic N) is 1. The van der Waals surface area contributed by atoms with Gasteiger partial charge in [-0.3, -0.25) is 0 Å². The lowest BCUT2D eigenvalue weighted by Gasteiger charge is -2.10. The monoisotopic (exact) mass is 252 g/mol. The number of aliphatic hydroxyl groups excluding tert-OH is 1. The van der Waals surface area contributed by atoms with Gasteiger partial charge in [0.15, 0.2) is 5.84 Å². The summed E-state index contributed by atoms with van der Waals surface area (Å²) >= 11 is 0. The van der Waals surface area contributed by atoms with Crippen LogP contribution < -0.4 is 5.73 Å². The second-order valence-corrected chi connectivity index (χ2v) is 3.86. The van der Waals surface area contributed by atoms with Gasteiger partial charge in [-0.2, -0.15) is 0 Å². The Morgan fingerprint density at radius 3 is 2.50 bits per heavy atom. The van der Waals surface area contributed by atoms with Crippen LogP contribution in [0.4, 0.5) is 0 Å². The number of benzene rings is 1. The molecule has 0 heterocycles. The van der Waals surface area contributed by atoms with Crippen LogP contribution in [0.25, 0.3) is 0 Å². The molecule has 0 bridgehead atoms. The second kappa shape index (κ2) is 7.68. The number of amidine groups is 1. The van der Waals surface area contributed by atoms with E-state index in [0.29, 0.717) is 19.0 Å². The third-order valence-corrected chi connectivity index (χ3v) is 2.44. The largest absolute Gasteiger partial charge is 0.392 e. The lowest BCUT2D eigenvalue weighted by atomic mass is 10.1. The first-order valence-corrected chi connectivity index (χ1v) is 5.93. The summed E-state index contributed by atoms with van der Waals surface area (Å²) in [5, 5.41) is 12.7. The first kappa shape index (κ1) is 14.5. The maximum Gasteiger partial charge on any atom is 0.168 e. The lowest BCUT2D eigenvalue weighted by molar-refractivity contribution is 0.102. The molecule has 0 aliphatic carbocycles. The first-order chi connectivity index (χ1) is 8.67. The molecule has 0 radical (unpaired) electrons. The number of oxime groups is 1. The summed E-state index contributed by atoms with van der Waals surface area (Å²) in [6, 6.07) is 7.44. The zero-order chi connectivity index (χ0) is 13.4. The molecule has 1 aromatic carbocycles. The minimum atomic E-state index is -0.244. The first-order valence-electron chi connectivity index (χ1n) is 5.93. The summed E-state index contributed by atoms with van der Waals surface area (Å²) in [4.78, 5) is 5.14. The minimum absolute atomic E-state index is 0.0398. The molecule has 0 saturated carbocycles. The molecular formula is C13H20N2O3. The average Bonchev–Trinajstić information content (AvgIpc) is 2.39. The van der Waals surface area contributed by atoms with Crippen molar-refractivity contribution in [1.29, 1.82) is 0 Å². The van der Waals surface area contributed by atoms with E-state index in [0.717, 1.165) is 11.1 Å². The van der Waals surface area contributed by atoms with Gasteiger partial charge in [-0.1, -0.05) is 29.4 Å². The van der Waals surface area contributed by atoms with E-state index in [-0.39, 0.29) is 12.7 Å². The third-order valence-electron chi connectivity index (χ3n) is 2.44. The molecule has 1 unspecified atom stereocenters. The van der Waals surface area contributed by atoms with Crippen LogP contribution in [0.3, 0.4) is 0 Å². The third kappa shape index (κ3) is 4.73. The zero-order valence-electron chi connectivity index (χ0n) is 10.8. The predicted molar refractivity (Wildman–Crippen MR) is 69.9 cm³/mol. The molecule has 1 atom stereocenters. The average molecular weight is 252 g/mol. The Morgan fingerprint density at radius 2 is 1.94 bits per heavy atom. The van der Waals surface area contributed by atoms with Crippen LogP contribution in [0.2, 0.25) is 0 Å². The normalized spacial score (nSPS) is 13.4. The van der Waals surface area contributed by atoms with Crippen molar-refractivity contribution in [1.82, 2.24) is 0 Å². The van der Waals surface area contributed by atoms with Gasteiger partial charge in [-0.15, -0.1) is 0 Å². The topological polar surface area (TPSA) is 77.1 Å². The Labute approximate surface area is 107 Å². The summed E-state index contributed by atoms with van der Waals surface area (Å²) in [7, 11) is 0. The van der Waals surface area contributed by atoms with E-state index in [2.05, 4.69) is 5.16 Å². The van der Waals surface area contributed by atoms with E-state index in [9.17, 15) is 0 Å². The maximum absolute atomic E-state index is 8.91. The highest BCUT2D eigenvalue weighted by molar-refractivity contribution is 5.83. The molecule has 100 valence electrons. The Morgan fingerprint density at radius 1 is 1.33 bits per heavy atom. The fourth-order valence-corrected chi connectivity index (χ4v) is 1.33. The highest BCUT2D eigenvalue weighted by Crippen LogP contribution is 2.06. The van der Waals surface area contributed by atoms with Crippen molar-refractivity contribution in [3.63, 3.8) is 0 Å². The van der Waals surface area contributed by atoms with E-state index >= 15 is 0 Å². The summed E-state index contributed by atoms with van der Waals surface area (Å²) in [5.41, 5.74) is 7.51. The second-order valence-electron chi connectivity index (χ2n) is 3.86. The van der Waals surface area contributed by atoms with Crippen LogP contribution in [0.15, 0.2) is 29.4 Å². The van der Waals surface area contributed by atoms with Gasteiger partial charge in [0.05, 0.1) is 6.61 Å². The molecule has 0 saturated heterocycles. The quantitative estimate of drug-likeness (QED) is 0.437. The fourth-order valence-electron chi connectivity index (χ4n) is 1.33. The summed E-state index contributed by atoms with van der Waals surface area (Å²) in [6.07, 6.45) is -0.244. The highest BCUT2D eigenvalue weighted by Gasteiger charge is 2.06. The smallest absolute Gasteiger partial charge is 0.168 e. The van der Waals surface area contributed by atoms with Crippen molar-refractivity contribution < 1.29 is 14.7 Å². The molecular weight excluding hydrogens is 232 g/mol. The van der Waals surface area contributed by atoms with Crippen molar-refractivity contribution in [2.45, 2.75) is 33.2 Å². The number of hydrogen-bond acceptors (Lipinski definition) is 4. The van der Waals surface area contributed by atoms with E-state index in [1.165, 1.54) is 0 Å². The molecule has 18 heavy (non-hydrogen) atoms.